The lowest BCUT2D eigenvalue weighted by molar-refractivity contribution is -0.116. The Bertz CT molecular complexity index is 748. The highest BCUT2D eigenvalue weighted by Gasteiger charge is 2.07. The first-order chi connectivity index (χ1) is 10.7. The maximum atomic E-state index is 11.9. The average molecular weight is 313 g/mol. The smallest absolute Gasteiger partial charge is 0.247 e. The minimum atomic E-state index is 0.00906. The van der Waals surface area contributed by atoms with Gasteiger partial charge in [-0.3, -0.25) is 4.79 Å². The first-order valence-electron chi connectivity index (χ1n) is 6.93. The van der Waals surface area contributed by atoms with Crippen LogP contribution >= 0.6 is 11.3 Å². The Balaban J connectivity index is 1.57. The molecule has 0 aliphatic rings. The van der Waals surface area contributed by atoms with Crippen molar-refractivity contribution in [3.8, 4) is 11.5 Å². The van der Waals surface area contributed by atoms with E-state index in [-0.39, 0.29) is 5.91 Å². The van der Waals surface area contributed by atoms with E-state index in [0.29, 0.717) is 18.2 Å². The lowest BCUT2D eigenvalue weighted by Crippen LogP contribution is -2.11. The predicted octanol–water partition coefficient (Wildman–Crippen LogP) is 3.68. The van der Waals surface area contributed by atoms with Crippen LogP contribution in [0.1, 0.15) is 17.2 Å². The molecule has 1 amide bonds. The fourth-order valence-corrected chi connectivity index (χ4v) is 2.73. The average Bonchev–Trinajstić information content (AvgIpc) is 3.17. The number of thiophene rings is 1. The normalized spacial score (nSPS) is 10.6. The number of nitrogens with zero attached hydrogens (tertiary/aromatic N) is 2. The van der Waals surface area contributed by atoms with Crippen molar-refractivity contribution in [2.75, 3.05) is 5.32 Å². The minimum absolute atomic E-state index is 0.00906. The summed E-state index contributed by atoms with van der Waals surface area (Å²) in [6.07, 6.45) is 1.24. The van der Waals surface area contributed by atoms with Crippen LogP contribution in [0.3, 0.4) is 0 Å². The molecule has 3 rings (SSSR count). The summed E-state index contributed by atoms with van der Waals surface area (Å²) in [7, 11) is 0. The molecule has 0 saturated heterocycles. The van der Waals surface area contributed by atoms with Gasteiger partial charge in [-0.2, -0.15) is 0 Å². The number of hydrogen-bond acceptors (Lipinski definition) is 5. The van der Waals surface area contributed by atoms with E-state index in [1.165, 1.54) is 4.88 Å². The lowest BCUT2D eigenvalue weighted by Gasteiger charge is -2.05. The van der Waals surface area contributed by atoms with Gasteiger partial charge in [0.15, 0.2) is 0 Å². The third-order valence-corrected chi connectivity index (χ3v) is 4.06. The summed E-state index contributed by atoms with van der Waals surface area (Å²) in [4.78, 5) is 13.1. The molecule has 6 heteroatoms. The Kier molecular flexibility index (Phi) is 4.29. The van der Waals surface area contributed by atoms with Crippen molar-refractivity contribution in [2.45, 2.75) is 19.8 Å². The Hall–Kier alpha value is -2.47. The van der Waals surface area contributed by atoms with Crippen LogP contribution < -0.4 is 5.32 Å². The Morgan fingerprint density at radius 1 is 1.23 bits per heavy atom. The highest BCUT2D eigenvalue weighted by Crippen LogP contribution is 2.20. The third-order valence-electron chi connectivity index (χ3n) is 3.12. The van der Waals surface area contributed by atoms with Crippen LogP contribution in [-0.2, 0) is 11.2 Å². The predicted molar refractivity (Wildman–Crippen MR) is 85.7 cm³/mol. The van der Waals surface area contributed by atoms with E-state index in [1.54, 1.807) is 18.3 Å². The molecule has 2 heterocycles. The molecule has 0 spiro atoms. The molecule has 22 heavy (non-hydrogen) atoms. The molecule has 2 aromatic heterocycles. The van der Waals surface area contributed by atoms with E-state index in [9.17, 15) is 4.79 Å². The van der Waals surface area contributed by atoms with Gasteiger partial charge in [0.05, 0.1) is 0 Å². The zero-order chi connectivity index (χ0) is 15.4. The molecule has 0 atom stereocenters. The summed E-state index contributed by atoms with van der Waals surface area (Å²) in [5.74, 6) is 1.02. The van der Waals surface area contributed by atoms with Crippen molar-refractivity contribution < 1.29 is 9.21 Å². The molecule has 0 radical (unpaired) electrons. The highest BCUT2D eigenvalue weighted by atomic mass is 32.1. The first-order valence-corrected chi connectivity index (χ1v) is 7.81. The SMILES string of the molecule is Cc1nnc(-c2ccc(NC(=O)CCc3cccs3)cc2)o1. The molecular weight excluding hydrogens is 298 g/mol. The van der Waals surface area contributed by atoms with Crippen molar-refractivity contribution in [3.05, 3.63) is 52.5 Å². The van der Waals surface area contributed by atoms with Gasteiger partial charge in [-0.25, -0.2) is 0 Å². The summed E-state index contributed by atoms with van der Waals surface area (Å²) < 4.78 is 5.36. The quantitative estimate of drug-likeness (QED) is 0.780. The summed E-state index contributed by atoms with van der Waals surface area (Å²) >= 11 is 1.67. The van der Waals surface area contributed by atoms with Gasteiger partial charge in [0.1, 0.15) is 0 Å². The number of carbonyl (C=O) groups excluding carboxylic acids is 1. The number of benzene rings is 1. The van der Waals surface area contributed by atoms with Gasteiger partial charge >= 0.3 is 0 Å². The van der Waals surface area contributed by atoms with Gasteiger partial charge in [-0.15, -0.1) is 21.5 Å². The second-order valence-electron chi connectivity index (χ2n) is 4.83. The van der Waals surface area contributed by atoms with E-state index in [2.05, 4.69) is 15.5 Å². The summed E-state index contributed by atoms with van der Waals surface area (Å²) in [5.41, 5.74) is 1.59. The largest absolute Gasteiger partial charge is 0.421 e. The molecule has 1 N–H and O–H groups in total. The summed E-state index contributed by atoms with van der Waals surface area (Å²) in [5, 5.41) is 12.7. The molecule has 5 nitrogen and oxygen atoms in total. The van der Waals surface area contributed by atoms with Gasteiger partial charge in [0, 0.05) is 29.5 Å². The molecule has 0 aliphatic heterocycles. The van der Waals surface area contributed by atoms with Crippen molar-refractivity contribution in [1.82, 2.24) is 10.2 Å². The zero-order valence-corrected chi connectivity index (χ0v) is 12.9. The minimum Gasteiger partial charge on any atom is -0.421 e. The Labute approximate surface area is 132 Å². The monoisotopic (exact) mass is 313 g/mol. The maximum absolute atomic E-state index is 11.9. The van der Waals surface area contributed by atoms with Crippen LogP contribution in [0.4, 0.5) is 5.69 Å². The topological polar surface area (TPSA) is 68.0 Å². The first kappa shape index (κ1) is 14.5. The number of anilines is 1. The number of rotatable bonds is 5. The van der Waals surface area contributed by atoms with Crippen molar-refractivity contribution in [1.29, 1.82) is 0 Å². The third kappa shape index (κ3) is 3.59. The zero-order valence-electron chi connectivity index (χ0n) is 12.1. The van der Waals surface area contributed by atoms with Crippen LogP contribution in [0.15, 0.2) is 46.2 Å². The van der Waals surface area contributed by atoms with Crippen LogP contribution in [0, 0.1) is 6.92 Å². The molecule has 0 aliphatic carbocycles. The highest BCUT2D eigenvalue weighted by molar-refractivity contribution is 7.09. The van der Waals surface area contributed by atoms with Gasteiger partial charge in [-0.1, -0.05) is 6.07 Å². The van der Waals surface area contributed by atoms with E-state index in [4.69, 9.17) is 4.42 Å². The van der Waals surface area contributed by atoms with E-state index >= 15 is 0 Å². The molecule has 112 valence electrons. The van der Waals surface area contributed by atoms with Gasteiger partial charge in [-0.05, 0) is 42.1 Å². The maximum Gasteiger partial charge on any atom is 0.247 e. The fraction of sp³-hybridized carbons (Fsp3) is 0.188. The van der Waals surface area contributed by atoms with Crippen LogP contribution in [-0.4, -0.2) is 16.1 Å². The molecular formula is C16H15N3O2S. The molecule has 0 bridgehead atoms. The van der Waals surface area contributed by atoms with E-state index in [0.717, 1.165) is 17.7 Å². The standard InChI is InChI=1S/C16H15N3O2S/c1-11-18-19-16(21-11)12-4-6-13(7-5-12)17-15(20)9-8-14-3-2-10-22-14/h2-7,10H,8-9H2,1H3,(H,17,20). The van der Waals surface area contributed by atoms with Crippen molar-refractivity contribution in [3.63, 3.8) is 0 Å². The molecule has 0 fully saturated rings. The van der Waals surface area contributed by atoms with E-state index < -0.39 is 0 Å². The number of aromatic nitrogens is 2. The molecule has 0 saturated carbocycles. The second kappa shape index (κ2) is 6.53. The van der Waals surface area contributed by atoms with Gasteiger partial charge in [0.25, 0.3) is 0 Å². The number of hydrogen-bond donors (Lipinski definition) is 1. The van der Waals surface area contributed by atoms with Crippen LogP contribution in [0.5, 0.6) is 0 Å². The molecule has 0 unspecified atom stereocenters. The number of amides is 1. The second-order valence-corrected chi connectivity index (χ2v) is 5.86. The summed E-state index contributed by atoms with van der Waals surface area (Å²) in [6, 6.07) is 11.4. The Morgan fingerprint density at radius 2 is 2.05 bits per heavy atom. The van der Waals surface area contributed by atoms with E-state index in [1.807, 2.05) is 41.8 Å². The Morgan fingerprint density at radius 3 is 2.68 bits per heavy atom. The number of aryl methyl sites for hydroxylation is 2. The van der Waals surface area contributed by atoms with Crippen LogP contribution in [0.25, 0.3) is 11.5 Å². The fourth-order valence-electron chi connectivity index (χ4n) is 2.02. The molecule has 3 aromatic rings. The molecule has 1 aromatic carbocycles. The van der Waals surface area contributed by atoms with Crippen molar-refractivity contribution >= 4 is 22.9 Å². The number of nitrogens with one attached hydrogen (secondary N) is 1. The van der Waals surface area contributed by atoms with Gasteiger partial charge in [0.2, 0.25) is 17.7 Å². The summed E-state index contributed by atoms with van der Waals surface area (Å²) in [6.45, 7) is 1.75. The lowest BCUT2D eigenvalue weighted by atomic mass is 10.2. The number of carbonyl (C=O) groups is 1. The van der Waals surface area contributed by atoms with Crippen molar-refractivity contribution in [2.24, 2.45) is 0 Å². The van der Waals surface area contributed by atoms with Gasteiger partial charge < -0.3 is 9.73 Å². The van der Waals surface area contributed by atoms with Crippen LogP contribution in [0.2, 0.25) is 0 Å².